The molecule has 7 nitrogen and oxygen atoms in total. The maximum atomic E-state index is 13.8. The van der Waals surface area contributed by atoms with Crippen LogP contribution in [0.2, 0.25) is 5.15 Å². The average Bonchev–Trinajstić information content (AvgIpc) is 3.05. The van der Waals surface area contributed by atoms with Crippen LogP contribution in [0.4, 0.5) is 15.9 Å². The summed E-state index contributed by atoms with van der Waals surface area (Å²) < 4.78 is 18.3. The second-order valence-corrected chi connectivity index (χ2v) is 7.82. The van der Waals surface area contributed by atoms with Gasteiger partial charge in [-0.15, -0.1) is 12.8 Å². The van der Waals surface area contributed by atoms with Gasteiger partial charge in [0, 0.05) is 12.9 Å². The number of thioether (sulfide) groups is 1. The molecule has 1 saturated carbocycles. The van der Waals surface area contributed by atoms with Crippen molar-refractivity contribution in [1.82, 2.24) is 9.97 Å². The number of nitrogens with one attached hydrogen (secondary N) is 1. The molecule has 2 rings (SSSR count). The Bertz CT molecular complexity index is 618. The maximum Gasteiger partial charge on any atom is 0.191 e. The van der Waals surface area contributed by atoms with Crippen LogP contribution < -0.4 is 11.1 Å². The van der Waals surface area contributed by atoms with Gasteiger partial charge in [0.15, 0.2) is 21.9 Å². The molecule has 1 heterocycles. The van der Waals surface area contributed by atoms with Crippen LogP contribution in [-0.4, -0.2) is 57.1 Å². The first kappa shape index (κ1) is 30.9. The number of ether oxygens (including phenoxy) is 1. The number of nitrogen functional groups attached to an aromatic ring is 1. The van der Waals surface area contributed by atoms with Crippen molar-refractivity contribution in [2.45, 2.75) is 83.1 Å². The predicted molar refractivity (Wildman–Crippen MR) is 125 cm³/mol. The monoisotopic (exact) mass is 466 g/mol. The highest BCUT2D eigenvalue weighted by molar-refractivity contribution is 7.99. The van der Waals surface area contributed by atoms with Gasteiger partial charge in [-0.2, -0.15) is 0 Å². The van der Waals surface area contributed by atoms with Gasteiger partial charge in [0.05, 0.1) is 12.1 Å². The lowest BCUT2D eigenvalue weighted by molar-refractivity contribution is -0.155. The van der Waals surface area contributed by atoms with Gasteiger partial charge in [-0.25, -0.2) is 14.4 Å². The first-order chi connectivity index (χ1) is 14.1. The Morgan fingerprint density at radius 1 is 1.33 bits per heavy atom. The minimum absolute atomic E-state index is 0.162. The summed E-state index contributed by atoms with van der Waals surface area (Å²) in [6.45, 7) is 9.21. The van der Waals surface area contributed by atoms with Crippen LogP contribution in [0.1, 0.15) is 53.9 Å². The molecule has 0 aliphatic heterocycles. The summed E-state index contributed by atoms with van der Waals surface area (Å²) in [4.78, 5) is 8.37. The van der Waals surface area contributed by atoms with E-state index in [0.717, 1.165) is 12.2 Å². The van der Waals surface area contributed by atoms with E-state index in [9.17, 15) is 9.50 Å². The fourth-order valence-electron chi connectivity index (χ4n) is 2.05. The smallest absolute Gasteiger partial charge is 0.191 e. The number of aliphatic hydroxyl groups excluding tert-OH is 1. The molecule has 0 aromatic carbocycles. The SMILES string of the molecule is C#C.CC.CCCSc1nc(Cl)c(N)c(NC2CCC(O)[C@@H]2F)n1.COC(C)(C)O. The molecular formula is C20H36ClFN4O3S. The predicted octanol–water partition coefficient (Wildman–Crippen LogP) is 4.12. The van der Waals surface area contributed by atoms with Gasteiger partial charge in [0.2, 0.25) is 0 Å². The molecule has 5 N–H and O–H groups in total. The molecular weight excluding hydrogens is 431 g/mol. The van der Waals surface area contributed by atoms with Gasteiger partial charge in [0.1, 0.15) is 11.9 Å². The molecule has 2 unspecified atom stereocenters. The number of terminal acetylenes is 1. The number of alkyl halides is 1. The highest BCUT2D eigenvalue weighted by atomic mass is 35.5. The fourth-order valence-corrected chi connectivity index (χ4v) is 2.97. The highest BCUT2D eigenvalue weighted by Crippen LogP contribution is 2.31. The fraction of sp³-hybridized carbons (Fsp3) is 0.700. The molecule has 1 fully saturated rings. The zero-order chi connectivity index (χ0) is 23.9. The Balaban J connectivity index is 0. The third kappa shape index (κ3) is 11.8. The molecule has 174 valence electrons. The zero-order valence-corrected chi connectivity index (χ0v) is 20.2. The first-order valence-corrected chi connectivity index (χ1v) is 11.1. The van der Waals surface area contributed by atoms with Gasteiger partial charge in [-0.1, -0.05) is 44.1 Å². The molecule has 1 aliphatic carbocycles. The zero-order valence-electron chi connectivity index (χ0n) is 18.7. The Kier molecular flexibility index (Phi) is 16.9. The summed E-state index contributed by atoms with van der Waals surface area (Å²) in [5.74, 6) is 0.249. The quantitative estimate of drug-likeness (QED) is 0.163. The number of anilines is 2. The van der Waals surface area contributed by atoms with Crippen molar-refractivity contribution in [3.63, 3.8) is 0 Å². The van der Waals surface area contributed by atoms with Crippen LogP contribution >= 0.6 is 23.4 Å². The minimum atomic E-state index is -1.32. The van der Waals surface area contributed by atoms with Crippen molar-refractivity contribution >= 4 is 34.9 Å². The molecule has 30 heavy (non-hydrogen) atoms. The van der Waals surface area contributed by atoms with E-state index in [4.69, 9.17) is 22.4 Å². The first-order valence-electron chi connectivity index (χ1n) is 9.74. The third-order valence-electron chi connectivity index (χ3n) is 3.66. The van der Waals surface area contributed by atoms with Crippen LogP contribution in [0.5, 0.6) is 0 Å². The Labute approximate surface area is 189 Å². The van der Waals surface area contributed by atoms with Crippen LogP contribution in [0.15, 0.2) is 5.16 Å². The molecule has 1 aromatic rings. The number of hydrogen-bond acceptors (Lipinski definition) is 8. The van der Waals surface area contributed by atoms with Gasteiger partial charge in [-0.3, -0.25) is 0 Å². The second kappa shape index (κ2) is 16.4. The Morgan fingerprint density at radius 2 is 1.87 bits per heavy atom. The minimum Gasteiger partial charge on any atom is -0.393 e. The van der Waals surface area contributed by atoms with Crippen molar-refractivity contribution in [3.05, 3.63) is 5.15 Å². The summed E-state index contributed by atoms with van der Waals surface area (Å²) >= 11 is 7.45. The number of hydrogen-bond donors (Lipinski definition) is 4. The summed E-state index contributed by atoms with van der Waals surface area (Å²) in [5, 5.41) is 21.7. The van der Waals surface area contributed by atoms with Crippen molar-refractivity contribution in [2.75, 3.05) is 23.9 Å². The van der Waals surface area contributed by atoms with Crippen LogP contribution in [0.3, 0.4) is 0 Å². The lowest BCUT2D eigenvalue weighted by Crippen LogP contribution is -2.31. The van der Waals surface area contributed by atoms with E-state index in [1.807, 2.05) is 13.8 Å². The number of rotatable bonds is 6. The summed E-state index contributed by atoms with van der Waals surface area (Å²) in [7, 11) is 1.46. The third-order valence-corrected chi connectivity index (χ3v) is 5.00. The lowest BCUT2D eigenvalue weighted by atomic mass is 10.2. The van der Waals surface area contributed by atoms with Crippen LogP contribution in [-0.2, 0) is 4.74 Å². The average molecular weight is 467 g/mol. The molecule has 0 saturated heterocycles. The number of aromatic nitrogens is 2. The van der Waals surface area contributed by atoms with Gasteiger partial charge in [0.25, 0.3) is 0 Å². The van der Waals surface area contributed by atoms with Crippen molar-refractivity contribution in [1.29, 1.82) is 0 Å². The van der Waals surface area contributed by atoms with Crippen LogP contribution in [0, 0.1) is 12.8 Å². The summed E-state index contributed by atoms with van der Waals surface area (Å²) in [6, 6.07) is -0.498. The van der Waals surface area contributed by atoms with Gasteiger partial charge < -0.3 is 26.0 Å². The van der Waals surface area contributed by atoms with Gasteiger partial charge >= 0.3 is 0 Å². The molecule has 0 amide bonds. The molecule has 0 spiro atoms. The van der Waals surface area contributed by atoms with E-state index in [0.29, 0.717) is 23.8 Å². The second-order valence-electron chi connectivity index (χ2n) is 6.40. The molecule has 1 aromatic heterocycles. The largest absolute Gasteiger partial charge is 0.393 e. The van der Waals surface area contributed by atoms with Crippen molar-refractivity contribution in [3.8, 4) is 12.8 Å². The normalized spacial score (nSPS) is 19.9. The van der Waals surface area contributed by atoms with E-state index < -0.39 is 24.1 Å². The highest BCUT2D eigenvalue weighted by Gasteiger charge is 2.35. The van der Waals surface area contributed by atoms with Crippen LogP contribution in [0.25, 0.3) is 0 Å². The number of aliphatic hydroxyl groups is 2. The molecule has 0 bridgehead atoms. The van der Waals surface area contributed by atoms with Crippen molar-refractivity contribution < 1.29 is 19.3 Å². The van der Waals surface area contributed by atoms with E-state index in [-0.39, 0.29) is 10.8 Å². The molecule has 1 aliphatic rings. The Morgan fingerprint density at radius 3 is 2.27 bits per heavy atom. The molecule has 3 atom stereocenters. The van der Waals surface area contributed by atoms with E-state index in [1.165, 1.54) is 18.9 Å². The standard InChI is InChI=1S/C12H18ClFN4OS.C4H10O2.C2H6.C2H2/c1-2-5-20-12-17-10(13)9(15)11(18-12)16-6-3-4-7(19)8(6)14;1-4(2,5)6-3;2*1-2/h6-8,19H,2-5,15H2,1H3,(H,16,17,18);5H,1-3H3;1-2H3;1-2H/t6?,7?,8-;;;/m1.../s1. The number of nitrogens with zero attached hydrogens (tertiary/aromatic N) is 2. The van der Waals surface area contributed by atoms with Crippen molar-refractivity contribution in [2.24, 2.45) is 0 Å². The summed E-state index contributed by atoms with van der Waals surface area (Å²) in [5.41, 5.74) is 6.03. The van der Waals surface area contributed by atoms with Gasteiger partial charge in [-0.05, 0) is 33.1 Å². The number of halogens is 2. The topological polar surface area (TPSA) is 114 Å². The number of methoxy groups -OCH3 is 1. The summed E-state index contributed by atoms with van der Waals surface area (Å²) in [6.07, 6.45) is 7.69. The molecule has 0 radical (unpaired) electrons. The lowest BCUT2D eigenvalue weighted by Gasteiger charge is -2.18. The van der Waals surface area contributed by atoms with E-state index >= 15 is 0 Å². The van der Waals surface area contributed by atoms with E-state index in [2.05, 4.69) is 39.8 Å². The van der Waals surface area contributed by atoms with E-state index in [1.54, 1.807) is 13.8 Å². The Hall–Kier alpha value is -1.31. The number of nitrogens with two attached hydrogens (primary N) is 1. The maximum absolute atomic E-state index is 13.8. The molecule has 10 heteroatoms.